The summed E-state index contributed by atoms with van der Waals surface area (Å²) in [5.41, 5.74) is 0. The van der Waals surface area contributed by atoms with Gasteiger partial charge in [-0.2, -0.15) is 0 Å². The van der Waals surface area contributed by atoms with Crippen molar-refractivity contribution in [1.82, 2.24) is 0 Å². The summed E-state index contributed by atoms with van der Waals surface area (Å²) in [5, 5.41) is 0. The van der Waals surface area contributed by atoms with E-state index in [9.17, 15) is 4.79 Å². The highest BCUT2D eigenvalue weighted by Crippen LogP contribution is 2.29. The van der Waals surface area contributed by atoms with Gasteiger partial charge in [0.15, 0.2) is 0 Å². The topological polar surface area (TPSA) is 29.4 Å². The zero-order chi connectivity index (χ0) is 8.97. The van der Waals surface area contributed by atoms with Gasteiger partial charge >= 0.3 is 0 Å². The average Bonchev–Trinajstić information content (AvgIpc) is 1.96. The molecule has 0 aromatic carbocycles. The lowest BCUT2D eigenvalue weighted by Gasteiger charge is -2.26. The Labute approximate surface area is 74.1 Å². The number of rotatable bonds is 4. The highest BCUT2D eigenvalue weighted by molar-refractivity contribution is 5.96. The molecule has 2 nitrogen and oxygen atoms in total. The number of nitrogens with zero attached hydrogens (tertiary/aromatic N) is 1. The number of Topliss-reactive ketones (excluding diaryl/α,β-unsaturated/α-hetero) is 1. The molecule has 1 fully saturated rings. The fraction of sp³-hybridized carbons (Fsp3) is 0.800. The standard InChI is InChI=1S/C10H17NO/c1-3-8(7-11-2)10(12)9-5-4-6-9/h7-9H,3-6H2,1-2H3/b11-7-. The second-order valence-electron chi connectivity index (χ2n) is 3.45. The van der Waals surface area contributed by atoms with E-state index in [1.54, 1.807) is 13.3 Å². The lowest BCUT2D eigenvalue weighted by Crippen LogP contribution is -2.29. The molecule has 0 aromatic heterocycles. The summed E-state index contributed by atoms with van der Waals surface area (Å²) in [5.74, 6) is 0.850. The Morgan fingerprint density at radius 1 is 1.67 bits per heavy atom. The van der Waals surface area contributed by atoms with Crippen molar-refractivity contribution in [1.29, 1.82) is 0 Å². The molecule has 0 heterocycles. The van der Waals surface area contributed by atoms with Crippen LogP contribution in [0.15, 0.2) is 4.99 Å². The van der Waals surface area contributed by atoms with Gasteiger partial charge in [0, 0.05) is 19.2 Å². The first-order valence-corrected chi connectivity index (χ1v) is 4.75. The van der Waals surface area contributed by atoms with E-state index in [0.29, 0.717) is 11.7 Å². The quantitative estimate of drug-likeness (QED) is 0.589. The largest absolute Gasteiger partial charge is 0.300 e. The van der Waals surface area contributed by atoms with E-state index in [0.717, 1.165) is 19.3 Å². The Hall–Kier alpha value is -0.660. The number of ketones is 1. The molecular formula is C10H17NO. The third-order valence-corrected chi connectivity index (χ3v) is 2.64. The Morgan fingerprint density at radius 2 is 2.33 bits per heavy atom. The second-order valence-corrected chi connectivity index (χ2v) is 3.45. The molecule has 68 valence electrons. The third kappa shape index (κ3) is 1.93. The maximum atomic E-state index is 11.7. The predicted molar refractivity (Wildman–Crippen MR) is 50.5 cm³/mol. The molecule has 0 N–H and O–H groups in total. The van der Waals surface area contributed by atoms with Crippen LogP contribution in [0.25, 0.3) is 0 Å². The van der Waals surface area contributed by atoms with Crippen LogP contribution >= 0.6 is 0 Å². The number of hydrogen-bond acceptors (Lipinski definition) is 2. The molecule has 12 heavy (non-hydrogen) atoms. The van der Waals surface area contributed by atoms with Crippen molar-refractivity contribution in [3.05, 3.63) is 0 Å². The second kappa shape index (κ2) is 4.39. The Morgan fingerprint density at radius 3 is 2.67 bits per heavy atom. The molecule has 1 atom stereocenters. The Balaban J connectivity index is 2.46. The molecule has 1 rings (SSSR count). The number of carbonyl (C=O) groups excluding carboxylic acids is 1. The minimum absolute atomic E-state index is 0.0836. The van der Waals surface area contributed by atoms with Crippen molar-refractivity contribution in [2.45, 2.75) is 32.6 Å². The van der Waals surface area contributed by atoms with Crippen molar-refractivity contribution in [2.24, 2.45) is 16.8 Å². The van der Waals surface area contributed by atoms with Gasteiger partial charge in [-0.05, 0) is 19.3 Å². The van der Waals surface area contributed by atoms with Gasteiger partial charge in [0.2, 0.25) is 0 Å². The number of aliphatic imine (C=N–C) groups is 1. The van der Waals surface area contributed by atoms with E-state index in [4.69, 9.17) is 0 Å². The molecule has 0 saturated heterocycles. The van der Waals surface area contributed by atoms with Gasteiger partial charge in [0.1, 0.15) is 5.78 Å². The van der Waals surface area contributed by atoms with Crippen LogP contribution in [0.1, 0.15) is 32.6 Å². The monoisotopic (exact) mass is 167 g/mol. The number of carbonyl (C=O) groups is 1. The van der Waals surface area contributed by atoms with E-state index in [-0.39, 0.29) is 5.92 Å². The van der Waals surface area contributed by atoms with Gasteiger partial charge in [-0.25, -0.2) is 0 Å². The summed E-state index contributed by atoms with van der Waals surface area (Å²) >= 11 is 0. The van der Waals surface area contributed by atoms with Crippen molar-refractivity contribution < 1.29 is 4.79 Å². The molecule has 1 aliphatic carbocycles. The molecule has 0 aromatic rings. The molecule has 1 saturated carbocycles. The van der Waals surface area contributed by atoms with Gasteiger partial charge in [-0.15, -0.1) is 0 Å². The van der Waals surface area contributed by atoms with Crippen LogP contribution in [0.3, 0.4) is 0 Å². The van der Waals surface area contributed by atoms with Crippen LogP contribution < -0.4 is 0 Å². The summed E-state index contributed by atoms with van der Waals surface area (Å²) in [6.45, 7) is 2.04. The van der Waals surface area contributed by atoms with Crippen molar-refractivity contribution in [3.8, 4) is 0 Å². The van der Waals surface area contributed by atoms with Gasteiger partial charge in [0.25, 0.3) is 0 Å². The minimum Gasteiger partial charge on any atom is -0.300 e. The average molecular weight is 167 g/mol. The molecule has 2 heteroatoms. The SMILES string of the molecule is CCC(/C=N\C)C(=O)C1CCC1. The first-order chi connectivity index (χ1) is 5.79. The summed E-state index contributed by atoms with van der Waals surface area (Å²) in [7, 11) is 1.73. The van der Waals surface area contributed by atoms with E-state index < -0.39 is 0 Å². The summed E-state index contributed by atoms with van der Waals surface area (Å²) in [6.07, 6.45) is 6.13. The maximum Gasteiger partial charge on any atom is 0.144 e. The van der Waals surface area contributed by atoms with Crippen molar-refractivity contribution in [3.63, 3.8) is 0 Å². The first-order valence-electron chi connectivity index (χ1n) is 4.75. The summed E-state index contributed by atoms with van der Waals surface area (Å²) in [4.78, 5) is 15.6. The van der Waals surface area contributed by atoms with Gasteiger partial charge in [-0.3, -0.25) is 4.79 Å². The summed E-state index contributed by atoms with van der Waals surface area (Å²) in [6, 6.07) is 0. The first kappa shape index (κ1) is 9.43. The molecular weight excluding hydrogens is 150 g/mol. The zero-order valence-electron chi connectivity index (χ0n) is 7.92. The zero-order valence-corrected chi connectivity index (χ0v) is 7.92. The molecule has 1 unspecified atom stereocenters. The molecule has 0 aliphatic heterocycles. The normalized spacial score (nSPS) is 20.8. The smallest absolute Gasteiger partial charge is 0.144 e. The number of hydrogen-bond donors (Lipinski definition) is 0. The van der Waals surface area contributed by atoms with Crippen LogP contribution in [0.4, 0.5) is 0 Å². The molecule has 1 aliphatic rings. The highest BCUT2D eigenvalue weighted by atomic mass is 16.1. The van der Waals surface area contributed by atoms with Crippen LogP contribution in [0.5, 0.6) is 0 Å². The van der Waals surface area contributed by atoms with Crippen molar-refractivity contribution in [2.75, 3.05) is 7.05 Å². The predicted octanol–water partition coefficient (Wildman–Crippen LogP) is 2.08. The molecule has 0 amide bonds. The molecule has 0 bridgehead atoms. The third-order valence-electron chi connectivity index (χ3n) is 2.64. The highest BCUT2D eigenvalue weighted by Gasteiger charge is 2.29. The van der Waals surface area contributed by atoms with Gasteiger partial charge < -0.3 is 4.99 Å². The lowest BCUT2D eigenvalue weighted by molar-refractivity contribution is -0.127. The van der Waals surface area contributed by atoms with E-state index >= 15 is 0 Å². The minimum atomic E-state index is 0.0836. The van der Waals surface area contributed by atoms with E-state index in [2.05, 4.69) is 4.99 Å². The van der Waals surface area contributed by atoms with E-state index in [1.165, 1.54) is 6.42 Å². The molecule has 0 spiro atoms. The fourth-order valence-corrected chi connectivity index (χ4v) is 1.56. The summed E-state index contributed by atoms with van der Waals surface area (Å²) < 4.78 is 0. The van der Waals surface area contributed by atoms with Crippen LogP contribution in [-0.4, -0.2) is 19.0 Å². The lowest BCUT2D eigenvalue weighted by atomic mass is 9.77. The van der Waals surface area contributed by atoms with E-state index in [1.807, 2.05) is 6.92 Å². The van der Waals surface area contributed by atoms with Crippen LogP contribution in [-0.2, 0) is 4.79 Å². The Kier molecular flexibility index (Phi) is 3.45. The van der Waals surface area contributed by atoms with Gasteiger partial charge in [0.05, 0.1) is 5.92 Å². The van der Waals surface area contributed by atoms with Gasteiger partial charge in [-0.1, -0.05) is 13.3 Å². The van der Waals surface area contributed by atoms with Crippen LogP contribution in [0.2, 0.25) is 0 Å². The van der Waals surface area contributed by atoms with Crippen LogP contribution in [0, 0.1) is 11.8 Å². The van der Waals surface area contributed by atoms with Crippen molar-refractivity contribution >= 4 is 12.0 Å². The maximum absolute atomic E-state index is 11.7. The fourth-order valence-electron chi connectivity index (χ4n) is 1.56. The Bertz CT molecular complexity index is 182. The molecule has 0 radical (unpaired) electrons.